The molecule has 3 heterocycles. The van der Waals surface area contributed by atoms with Crippen LogP contribution < -0.4 is 10.6 Å². The molecule has 0 bridgehead atoms. The normalized spacial score (nSPS) is 20.1. The molecule has 0 fully saturated rings. The number of carbonyl (C=O) groups is 1. The molecule has 2 N–H and O–H groups in total. The monoisotopic (exact) mass is 296 g/mol. The highest BCUT2D eigenvalue weighted by Gasteiger charge is 2.36. The predicted octanol–water partition coefficient (Wildman–Crippen LogP) is 2.03. The van der Waals surface area contributed by atoms with E-state index >= 15 is 0 Å². The van der Waals surface area contributed by atoms with Crippen LogP contribution in [0.15, 0.2) is 58.3 Å². The maximum absolute atomic E-state index is 12.0. The zero-order valence-corrected chi connectivity index (χ0v) is 12.1. The molecule has 0 spiro atoms. The molecule has 6 nitrogen and oxygen atoms in total. The average Bonchev–Trinajstić information content (AvgIpc) is 3.10. The van der Waals surface area contributed by atoms with Gasteiger partial charge in [0.2, 0.25) is 5.91 Å². The Bertz CT molecular complexity index is 707. The van der Waals surface area contributed by atoms with Gasteiger partial charge in [-0.2, -0.15) is 0 Å². The molecule has 3 rings (SSSR count). The number of rotatable bonds is 4. The molecule has 1 aliphatic heterocycles. The van der Waals surface area contributed by atoms with Crippen LogP contribution in [-0.2, 0) is 10.6 Å². The fourth-order valence-electron chi connectivity index (χ4n) is 2.19. The van der Waals surface area contributed by atoms with E-state index in [1.165, 1.54) is 0 Å². The van der Waals surface area contributed by atoms with Crippen molar-refractivity contribution in [2.24, 2.45) is 4.99 Å². The fourth-order valence-corrected chi connectivity index (χ4v) is 2.19. The topological polar surface area (TPSA) is 79.5 Å². The van der Waals surface area contributed by atoms with Crippen LogP contribution in [0.25, 0.3) is 5.70 Å². The van der Waals surface area contributed by atoms with Gasteiger partial charge in [-0.3, -0.25) is 9.78 Å². The van der Waals surface area contributed by atoms with E-state index in [4.69, 9.17) is 4.42 Å². The molecule has 0 saturated carbocycles. The zero-order valence-electron chi connectivity index (χ0n) is 12.1. The first-order valence-corrected chi connectivity index (χ1v) is 7.03. The van der Waals surface area contributed by atoms with E-state index in [1.54, 1.807) is 37.7 Å². The zero-order chi connectivity index (χ0) is 15.4. The quantitative estimate of drug-likeness (QED) is 0.904. The number of amides is 1. The first-order chi connectivity index (χ1) is 10.7. The molecule has 1 atom stereocenters. The average molecular weight is 296 g/mol. The number of carbonyl (C=O) groups excluding carboxylic acids is 1. The fraction of sp³-hybridized carbons (Fsp3) is 0.188. The number of furan rings is 1. The third-order valence-electron chi connectivity index (χ3n) is 3.29. The molecule has 112 valence electrons. The summed E-state index contributed by atoms with van der Waals surface area (Å²) < 4.78 is 5.41. The summed E-state index contributed by atoms with van der Waals surface area (Å²) in [7, 11) is 0. The molecule has 22 heavy (non-hydrogen) atoms. The number of aliphatic imine (C=N–C) groups is 1. The Kier molecular flexibility index (Phi) is 3.74. The third kappa shape index (κ3) is 2.63. The highest BCUT2D eigenvalue weighted by molar-refractivity contribution is 5.86. The van der Waals surface area contributed by atoms with Crippen molar-refractivity contribution in [2.45, 2.75) is 19.1 Å². The van der Waals surface area contributed by atoms with Gasteiger partial charge in [0, 0.05) is 18.8 Å². The first kappa shape index (κ1) is 14.1. The SMILES string of the molecule is CCC(=O)NC1(c2ccccn2)N=CC=C(c2ccco2)N1. The Balaban J connectivity index is 1.99. The van der Waals surface area contributed by atoms with E-state index in [0.717, 1.165) is 5.70 Å². The molecule has 0 radical (unpaired) electrons. The van der Waals surface area contributed by atoms with E-state index < -0.39 is 5.79 Å². The van der Waals surface area contributed by atoms with Crippen molar-refractivity contribution in [1.29, 1.82) is 0 Å². The Hall–Kier alpha value is -2.89. The summed E-state index contributed by atoms with van der Waals surface area (Å²) in [6.07, 6.45) is 7.04. The van der Waals surface area contributed by atoms with Gasteiger partial charge in [0.05, 0.1) is 12.0 Å². The second-order valence-electron chi connectivity index (χ2n) is 4.79. The summed E-state index contributed by atoms with van der Waals surface area (Å²) in [5.74, 6) is -0.598. The van der Waals surface area contributed by atoms with E-state index in [9.17, 15) is 4.79 Å². The van der Waals surface area contributed by atoms with Crippen molar-refractivity contribution in [1.82, 2.24) is 15.6 Å². The lowest BCUT2D eigenvalue weighted by atomic mass is 10.1. The second kappa shape index (κ2) is 5.85. The summed E-state index contributed by atoms with van der Waals surface area (Å²) in [5.41, 5.74) is 1.33. The minimum Gasteiger partial charge on any atom is -0.463 e. The van der Waals surface area contributed by atoms with E-state index in [1.807, 2.05) is 24.3 Å². The molecule has 1 amide bonds. The molecule has 2 aromatic heterocycles. The van der Waals surface area contributed by atoms with Crippen molar-refractivity contribution in [3.05, 3.63) is 60.3 Å². The summed E-state index contributed by atoms with van der Waals surface area (Å²) in [6, 6.07) is 9.11. The number of hydrogen-bond acceptors (Lipinski definition) is 5. The van der Waals surface area contributed by atoms with Crippen LogP contribution in [0, 0.1) is 0 Å². The van der Waals surface area contributed by atoms with Crippen molar-refractivity contribution >= 4 is 17.8 Å². The standard InChI is InChI=1S/C16H16N4O2/c1-2-15(21)20-16(14-7-3-4-9-17-14)18-10-8-12(19-16)13-6-5-11-22-13/h3-11,19H,2H2,1H3,(H,20,21). The Morgan fingerprint density at radius 3 is 2.95 bits per heavy atom. The highest BCUT2D eigenvalue weighted by Crippen LogP contribution is 2.26. The van der Waals surface area contributed by atoms with Gasteiger partial charge < -0.3 is 15.1 Å². The highest BCUT2D eigenvalue weighted by atomic mass is 16.3. The van der Waals surface area contributed by atoms with E-state index in [-0.39, 0.29) is 5.91 Å². The summed E-state index contributed by atoms with van der Waals surface area (Å²) >= 11 is 0. The minimum absolute atomic E-state index is 0.129. The van der Waals surface area contributed by atoms with E-state index in [0.29, 0.717) is 17.9 Å². The van der Waals surface area contributed by atoms with Gasteiger partial charge in [-0.1, -0.05) is 13.0 Å². The second-order valence-corrected chi connectivity index (χ2v) is 4.79. The predicted molar refractivity (Wildman–Crippen MR) is 82.7 cm³/mol. The molecule has 0 aromatic carbocycles. The smallest absolute Gasteiger partial charge is 0.252 e. The Morgan fingerprint density at radius 2 is 2.27 bits per heavy atom. The van der Waals surface area contributed by atoms with Crippen LogP contribution in [0.2, 0.25) is 0 Å². The van der Waals surface area contributed by atoms with Gasteiger partial charge in [0.15, 0.2) is 0 Å². The molecular weight excluding hydrogens is 280 g/mol. The first-order valence-electron chi connectivity index (χ1n) is 7.03. The number of nitrogens with zero attached hydrogens (tertiary/aromatic N) is 2. The Morgan fingerprint density at radius 1 is 1.36 bits per heavy atom. The molecule has 0 saturated heterocycles. The lowest BCUT2D eigenvalue weighted by Gasteiger charge is -2.34. The number of aromatic nitrogens is 1. The molecule has 1 aliphatic rings. The van der Waals surface area contributed by atoms with Crippen molar-refractivity contribution in [3.63, 3.8) is 0 Å². The number of nitrogens with one attached hydrogen (secondary N) is 2. The molecule has 1 unspecified atom stereocenters. The van der Waals surface area contributed by atoms with Gasteiger partial charge in [-0.25, -0.2) is 4.99 Å². The number of allylic oxidation sites excluding steroid dienone is 1. The van der Waals surface area contributed by atoms with Crippen LogP contribution in [-0.4, -0.2) is 17.1 Å². The minimum atomic E-state index is -1.13. The number of hydrogen-bond donors (Lipinski definition) is 2. The summed E-state index contributed by atoms with van der Waals surface area (Å²) in [5, 5.41) is 6.12. The van der Waals surface area contributed by atoms with Crippen LogP contribution in [0.3, 0.4) is 0 Å². The van der Waals surface area contributed by atoms with Gasteiger partial charge in [0.25, 0.3) is 5.79 Å². The third-order valence-corrected chi connectivity index (χ3v) is 3.29. The van der Waals surface area contributed by atoms with E-state index in [2.05, 4.69) is 20.6 Å². The van der Waals surface area contributed by atoms with Crippen LogP contribution in [0.1, 0.15) is 24.8 Å². The largest absolute Gasteiger partial charge is 0.463 e. The van der Waals surface area contributed by atoms with Crippen molar-refractivity contribution in [3.8, 4) is 0 Å². The molecule has 2 aromatic rings. The maximum Gasteiger partial charge on any atom is 0.252 e. The lowest BCUT2D eigenvalue weighted by Crippen LogP contribution is -2.55. The van der Waals surface area contributed by atoms with Crippen LogP contribution in [0.5, 0.6) is 0 Å². The van der Waals surface area contributed by atoms with Gasteiger partial charge in [0.1, 0.15) is 11.5 Å². The summed E-state index contributed by atoms with van der Waals surface area (Å²) in [6.45, 7) is 1.79. The lowest BCUT2D eigenvalue weighted by molar-refractivity contribution is -0.123. The number of pyridine rings is 1. The van der Waals surface area contributed by atoms with Gasteiger partial charge in [-0.05, 0) is 30.3 Å². The molecular formula is C16H16N4O2. The molecule has 0 aliphatic carbocycles. The maximum atomic E-state index is 12.0. The Labute approximate surface area is 128 Å². The van der Waals surface area contributed by atoms with Gasteiger partial charge in [-0.15, -0.1) is 0 Å². The molecule has 6 heteroatoms. The van der Waals surface area contributed by atoms with Crippen molar-refractivity contribution < 1.29 is 9.21 Å². The van der Waals surface area contributed by atoms with Crippen LogP contribution in [0.4, 0.5) is 0 Å². The summed E-state index contributed by atoms with van der Waals surface area (Å²) in [4.78, 5) is 20.7. The van der Waals surface area contributed by atoms with Crippen molar-refractivity contribution in [2.75, 3.05) is 0 Å². The van der Waals surface area contributed by atoms with Gasteiger partial charge >= 0.3 is 0 Å². The van der Waals surface area contributed by atoms with Crippen LogP contribution >= 0.6 is 0 Å².